The van der Waals surface area contributed by atoms with Crippen LogP contribution in [0.1, 0.15) is 15.9 Å². The molecule has 138 valence electrons. The normalized spacial score (nSPS) is 10.2. The lowest BCUT2D eigenvalue weighted by Crippen LogP contribution is -2.14. The Morgan fingerprint density at radius 3 is 2.44 bits per heavy atom. The van der Waals surface area contributed by atoms with E-state index in [1.165, 1.54) is 24.3 Å². The zero-order chi connectivity index (χ0) is 19.6. The third-order valence-corrected chi connectivity index (χ3v) is 3.31. The standard InChI is InChI=1S/C19H17N3O5/c20-12-27-15-5-1-13(2-6-15)3-8-18(23)25-9-10-26-19(24)16-11-14(21)4-7-17(16)22/h1-8,11H,9-10,21-22H2/b8-3+. The maximum atomic E-state index is 11.9. The average molecular weight is 367 g/mol. The van der Waals surface area contributed by atoms with Crippen molar-refractivity contribution < 1.29 is 23.8 Å². The fourth-order valence-electron chi connectivity index (χ4n) is 2.02. The Kier molecular flexibility index (Phi) is 6.79. The Morgan fingerprint density at radius 2 is 1.74 bits per heavy atom. The highest BCUT2D eigenvalue weighted by atomic mass is 16.6. The zero-order valence-electron chi connectivity index (χ0n) is 14.3. The number of anilines is 2. The first-order valence-corrected chi connectivity index (χ1v) is 7.82. The quantitative estimate of drug-likeness (QED) is 0.249. The molecule has 0 aliphatic heterocycles. The minimum absolute atomic E-state index is 0.105. The molecule has 2 aromatic carbocycles. The molecule has 0 amide bonds. The van der Waals surface area contributed by atoms with E-state index in [0.29, 0.717) is 11.4 Å². The van der Waals surface area contributed by atoms with Crippen molar-refractivity contribution in [1.82, 2.24) is 0 Å². The second-order valence-corrected chi connectivity index (χ2v) is 5.25. The largest absolute Gasteiger partial charge is 0.459 e. The molecule has 0 heterocycles. The summed E-state index contributed by atoms with van der Waals surface area (Å²) in [5.41, 5.74) is 12.8. The van der Waals surface area contributed by atoms with Crippen LogP contribution in [0.5, 0.6) is 5.75 Å². The number of hydrogen-bond donors (Lipinski definition) is 2. The van der Waals surface area contributed by atoms with Crippen LogP contribution in [0.25, 0.3) is 6.08 Å². The van der Waals surface area contributed by atoms with E-state index in [-0.39, 0.29) is 24.5 Å². The van der Waals surface area contributed by atoms with Crippen molar-refractivity contribution in [3.63, 3.8) is 0 Å². The smallest absolute Gasteiger partial charge is 0.340 e. The molecule has 0 spiro atoms. The first kappa shape index (κ1) is 19.3. The molecule has 0 radical (unpaired) electrons. The van der Waals surface area contributed by atoms with Gasteiger partial charge >= 0.3 is 11.9 Å². The zero-order valence-corrected chi connectivity index (χ0v) is 14.3. The molecular weight excluding hydrogens is 350 g/mol. The minimum atomic E-state index is -0.647. The molecule has 2 rings (SSSR count). The number of nitrogen functional groups attached to an aromatic ring is 2. The Hall–Kier alpha value is -3.99. The summed E-state index contributed by atoms with van der Waals surface area (Å²) in [7, 11) is 0. The predicted molar refractivity (Wildman–Crippen MR) is 98.2 cm³/mol. The fraction of sp³-hybridized carbons (Fsp3) is 0.105. The summed E-state index contributed by atoms with van der Waals surface area (Å²) < 4.78 is 14.6. The van der Waals surface area contributed by atoms with Crippen LogP contribution < -0.4 is 16.2 Å². The second kappa shape index (κ2) is 9.48. The third-order valence-electron chi connectivity index (χ3n) is 3.31. The summed E-state index contributed by atoms with van der Waals surface area (Å²) in [5.74, 6) is -0.835. The van der Waals surface area contributed by atoms with Gasteiger partial charge in [0, 0.05) is 17.5 Å². The summed E-state index contributed by atoms with van der Waals surface area (Å²) >= 11 is 0. The summed E-state index contributed by atoms with van der Waals surface area (Å²) in [4.78, 5) is 23.6. The number of ether oxygens (including phenoxy) is 3. The number of nitrogens with zero attached hydrogens (tertiary/aromatic N) is 1. The van der Waals surface area contributed by atoms with Gasteiger partial charge in [-0.2, -0.15) is 0 Å². The molecule has 0 saturated carbocycles. The van der Waals surface area contributed by atoms with Crippen LogP contribution in [-0.4, -0.2) is 25.2 Å². The third kappa shape index (κ3) is 6.10. The summed E-state index contributed by atoms with van der Waals surface area (Å²) in [6.07, 6.45) is 4.34. The van der Waals surface area contributed by atoms with Crippen LogP contribution in [0.3, 0.4) is 0 Å². The molecule has 0 bridgehead atoms. The van der Waals surface area contributed by atoms with Gasteiger partial charge in [-0.1, -0.05) is 12.1 Å². The molecule has 27 heavy (non-hydrogen) atoms. The van der Waals surface area contributed by atoms with Crippen molar-refractivity contribution in [3.05, 3.63) is 59.7 Å². The number of carbonyl (C=O) groups is 2. The van der Waals surface area contributed by atoms with Gasteiger partial charge in [-0.05, 0) is 42.0 Å². The van der Waals surface area contributed by atoms with Crippen molar-refractivity contribution in [3.8, 4) is 12.0 Å². The molecule has 4 N–H and O–H groups in total. The van der Waals surface area contributed by atoms with E-state index < -0.39 is 11.9 Å². The number of nitriles is 1. The topological polar surface area (TPSA) is 138 Å². The van der Waals surface area contributed by atoms with Gasteiger partial charge in [0.15, 0.2) is 0 Å². The molecule has 2 aromatic rings. The number of esters is 2. The molecule has 8 heteroatoms. The number of carbonyl (C=O) groups excluding carboxylic acids is 2. The van der Waals surface area contributed by atoms with E-state index in [1.54, 1.807) is 36.6 Å². The molecule has 0 saturated heterocycles. The second-order valence-electron chi connectivity index (χ2n) is 5.25. The first-order valence-electron chi connectivity index (χ1n) is 7.82. The lowest BCUT2D eigenvalue weighted by Gasteiger charge is -2.07. The van der Waals surface area contributed by atoms with E-state index in [0.717, 1.165) is 5.56 Å². The van der Waals surface area contributed by atoms with Crippen molar-refractivity contribution in [2.75, 3.05) is 24.7 Å². The molecule has 0 aromatic heterocycles. The Labute approximate surface area is 155 Å². The summed E-state index contributed by atoms with van der Waals surface area (Å²) in [5, 5.41) is 8.40. The first-order chi connectivity index (χ1) is 13.0. The highest BCUT2D eigenvalue weighted by Gasteiger charge is 2.11. The maximum Gasteiger partial charge on any atom is 0.340 e. The predicted octanol–water partition coefficient (Wildman–Crippen LogP) is 2.12. The van der Waals surface area contributed by atoms with Crippen molar-refractivity contribution in [1.29, 1.82) is 5.26 Å². The fourth-order valence-corrected chi connectivity index (χ4v) is 2.02. The van der Waals surface area contributed by atoms with Crippen molar-refractivity contribution >= 4 is 29.4 Å². The minimum Gasteiger partial charge on any atom is -0.459 e. The number of rotatable bonds is 7. The van der Waals surface area contributed by atoms with Gasteiger partial charge in [-0.3, -0.25) is 0 Å². The van der Waals surface area contributed by atoms with E-state index in [2.05, 4.69) is 4.74 Å². The Balaban J connectivity index is 1.75. The Morgan fingerprint density at radius 1 is 1.04 bits per heavy atom. The molecule has 0 fully saturated rings. The summed E-state index contributed by atoms with van der Waals surface area (Å²) in [6.45, 7) is -0.223. The highest BCUT2D eigenvalue weighted by molar-refractivity contribution is 5.96. The van der Waals surface area contributed by atoms with Crippen molar-refractivity contribution in [2.45, 2.75) is 0 Å². The Bertz CT molecular complexity index is 885. The van der Waals surface area contributed by atoms with E-state index in [9.17, 15) is 9.59 Å². The maximum absolute atomic E-state index is 11.9. The lowest BCUT2D eigenvalue weighted by molar-refractivity contribution is -0.138. The number of benzene rings is 2. The molecule has 0 unspecified atom stereocenters. The van der Waals surface area contributed by atoms with Crippen LogP contribution in [0, 0.1) is 11.5 Å². The van der Waals surface area contributed by atoms with Gasteiger partial charge in [0.1, 0.15) is 19.0 Å². The summed E-state index contributed by atoms with van der Waals surface area (Å²) in [6, 6.07) is 11.0. The van der Waals surface area contributed by atoms with Crippen LogP contribution in [0.15, 0.2) is 48.5 Å². The highest BCUT2D eigenvalue weighted by Crippen LogP contribution is 2.16. The van der Waals surface area contributed by atoms with E-state index >= 15 is 0 Å². The molecule has 0 aliphatic carbocycles. The molecule has 0 aliphatic rings. The molecule has 8 nitrogen and oxygen atoms in total. The van der Waals surface area contributed by atoms with Gasteiger partial charge < -0.3 is 25.7 Å². The molecular formula is C19H17N3O5. The average Bonchev–Trinajstić information content (AvgIpc) is 2.66. The van der Waals surface area contributed by atoms with E-state index in [4.69, 9.17) is 26.2 Å². The van der Waals surface area contributed by atoms with Gasteiger partial charge in [0.25, 0.3) is 6.26 Å². The SMILES string of the molecule is N#COc1ccc(/C=C/C(=O)OCCOC(=O)c2cc(N)ccc2N)cc1. The molecule has 0 atom stereocenters. The van der Waals surface area contributed by atoms with Gasteiger partial charge in [-0.25, -0.2) is 9.59 Å². The monoisotopic (exact) mass is 367 g/mol. The number of nitrogens with two attached hydrogens (primary N) is 2. The lowest BCUT2D eigenvalue weighted by atomic mass is 10.1. The number of hydrogen-bond acceptors (Lipinski definition) is 8. The van der Waals surface area contributed by atoms with Gasteiger partial charge in [0.05, 0.1) is 5.56 Å². The van der Waals surface area contributed by atoms with Crippen LogP contribution in [0.4, 0.5) is 11.4 Å². The van der Waals surface area contributed by atoms with Crippen LogP contribution in [-0.2, 0) is 14.3 Å². The van der Waals surface area contributed by atoms with Gasteiger partial charge in [-0.15, -0.1) is 5.26 Å². The van der Waals surface area contributed by atoms with Crippen LogP contribution in [0.2, 0.25) is 0 Å². The van der Waals surface area contributed by atoms with Gasteiger partial charge in [0.2, 0.25) is 0 Å². The van der Waals surface area contributed by atoms with Crippen LogP contribution >= 0.6 is 0 Å². The van der Waals surface area contributed by atoms with E-state index in [1.807, 2.05) is 0 Å². The van der Waals surface area contributed by atoms with Crippen molar-refractivity contribution in [2.24, 2.45) is 0 Å².